The van der Waals surface area contributed by atoms with Crippen LogP contribution in [0.5, 0.6) is 0 Å². The van der Waals surface area contributed by atoms with Crippen LogP contribution in [0.15, 0.2) is 60.7 Å². The predicted molar refractivity (Wildman–Crippen MR) is 92.3 cm³/mol. The Balaban J connectivity index is 1.99. The molecule has 24 heavy (non-hydrogen) atoms. The van der Waals surface area contributed by atoms with E-state index in [9.17, 15) is 9.59 Å². The maximum Gasteiger partial charge on any atom is 0.241 e. The molecule has 0 saturated carbocycles. The van der Waals surface area contributed by atoms with Crippen LogP contribution in [0.1, 0.15) is 17.0 Å². The van der Waals surface area contributed by atoms with Crippen molar-refractivity contribution in [3.05, 3.63) is 71.8 Å². The fraction of sp³-hybridized carbons (Fsp3) is 0.263. The lowest BCUT2D eigenvalue weighted by Crippen LogP contribution is -2.59. The van der Waals surface area contributed by atoms with Crippen LogP contribution >= 0.6 is 0 Å². The molecule has 0 aliphatic carbocycles. The fourth-order valence-corrected chi connectivity index (χ4v) is 3.16. The van der Waals surface area contributed by atoms with Gasteiger partial charge in [0.15, 0.2) is 0 Å². The van der Waals surface area contributed by atoms with Crippen LogP contribution in [0.25, 0.3) is 0 Å². The zero-order valence-electron chi connectivity index (χ0n) is 13.4. The Hall–Kier alpha value is -2.66. The van der Waals surface area contributed by atoms with E-state index in [1.807, 2.05) is 60.7 Å². The van der Waals surface area contributed by atoms with E-state index in [-0.39, 0.29) is 5.91 Å². The van der Waals surface area contributed by atoms with E-state index >= 15 is 0 Å². The monoisotopic (exact) mass is 323 g/mol. The summed E-state index contributed by atoms with van der Waals surface area (Å²) in [5.41, 5.74) is 7.32. The lowest BCUT2D eigenvalue weighted by Gasteiger charge is -2.36. The minimum Gasteiger partial charge on any atom is -0.368 e. The molecule has 1 atom stereocenters. The first kappa shape index (κ1) is 16.2. The lowest BCUT2D eigenvalue weighted by atomic mass is 9.89. The first-order valence-corrected chi connectivity index (χ1v) is 8.09. The van der Waals surface area contributed by atoms with Gasteiger partial charge in [-0.05, 0) is 11.1 Å². The molecule has 1 heterocycles. The Morgan fingerprint density at radius 3 is 2.04 bits per heavy atom. The van der Waals surface area contributed by atoms with Gasteiger partial charge in [0.05, 0.1) is 5.92 Å². The minimum atomic E-state index is -0.610. The molecule has 1 aliphatic rings. The zero-order chi connectivity index (χ0) is 16.9. The zero-order valence-corrected chi connectivity index (χ0v) is 13.4. The fourth-order valence-electron chi connectivity index (χ4n) is 3.16. The summed E-state index contributed by atoms with van der Waals surface area (Å²) in [6, 6.07) is 18.7. The molecule has 1 fully saturated rings. The van der Waals surface area contributed by atoms with Crippen molar-refractivity contribution in [3.63, 3.8) is 0 Å². The van der Waals surface area contributed by atoms with Gasteiger partial charge in [-0.2, -0.15) is 0 Å². The van der Waals surface area contributed by atoms with Gasteiger partial charge >= 0.3 is 0 Å². The second-order valence-corrected chi connectivity index (χ2v) is 5.91. The SMILES string of the molecule is NC(=O)C1CNCCN1C(=O)C(c1ccccc1)c1ccccc1. The summed E-state index contributed by atoms with van der Waals surface area (Å²) in [4.78, 5) is 26.7. The van der Waals surface area contributed by atoms with Crippen molar-refractivity contribution < 1.29 is 9.59 Å². The van der Waals surface area contributed by atoms with E-state index < -0.39 is 17.9 Å². The van der Waals surface area contributed by atoms with Crippen LogP contribution in [0.3, 0.4) is 0 Å². The van der Waals surface area contributed by atoms with Gasteiger partial charge in [0.25, 0.3) is 0 Å². The largest absolute Gasteiger partial charge is 0.368 e. The van der Waals surface area contributed by atoms with Gasteiger partial charge in [0, 0.05) is 19.6 Å². The Morgan fingerprint density at radius 2 is 1.54 bits per heavy atom. The summed E-state index contributed by atoms with van der Waals surface area (Å²) in [7, 11) is 0. The highest BCUT2D eigenvalue weighted by Crippen LogP contribution is 2.27. The number of rotatable bonds is 4. The van der Waals surface area contributed by atoms with E-state index in [1.165, 1.54) is 0 Å². The highest BCUT2D eigenvalue weighted by Gasteiger charge is 2.35. The van der Waals surface area contributed by atoms with Crippen LogP contribution in [0, 0.1) is 0 Å². The number of carbonyl (C=O) groups excluding carboxylic acids is 2. The molecule has 1 aliphatic heterocycles. The van der Waals surface area contributed by atoms with E-state index in [2.05, 4.69) is 5.32 Å². The van der Waals surface area contributed by atoms with E-state index in [0.29, 0.717) is 19.6 Å². The van der Waals surface area contributed by atoms with E-state index in [0.717, 1.165) is 11.1 Å². The van der Waals surface area contributed by atoms with Gasteiger partial charge in [-0.1, -0.05) is 60.7 Å². The number of amides is 2. The van der Waals surface area contributed by atoms with Crippen LogP contribution in [0.4, 0.5) is 0 Å². The Morgan fingerprint density at radius 1 is 1.00 bits per heavy atom. The van der Waals surface area contributed by atoms with Crippen LogP contribution < -0.4 is 11.1 Å². The average molecular weight is 323 g/mol. The van der Waals surface area contributed by atoms with Gasteiger partial charge < -0.3 is 16.0 Å². The summed E-state index contributed by atoms with van der Waals surface area (Å²) in [5, 5.41) is 3.12. The van der Waals surface area contributed by atoms with Crippen molar-refractivity contribution in [1.29, 1.82) is 0 Å². The third-order valence-electron chi connectivity index (χ3n) is 4.37. The van der Waals surface area contributed by atoms with Gasteiger partial charge in [0.1, 0.15) is 6.04 Å². The number of piperazine rings is 1. The average Bonchev–Trinajstić information content (AvgIpc) is 2.63. The number of primary amides is 1. The van der Waals surface area contributed by atoms with Crippen molar-refractivity contribution in [2.24, 2.45) is 5.73 Å². The molecule has 2 aromatic rings. The summed E-state index contributed by atoms with van der Waals surface area (Å²) >= 11 is 0. The maximum absolute atomic E-state index is 13.3. The molecule has 0 spiro atoms. The number of nitrogens with two attached hydrogens (primary N) is 1. The molecule has 3 N–H and O–H groups in total. The highest BCUT2D eigenvalue weighted by molar-refractivity contribution is 5.92. The van der Waals surface area contributed by atoms with E-state index in [4.69, 9.17) is 5.73 Å². The topological polar surface area (TPSA) is 75.4 Å². The van der Waals surface area contributed by atoms with Gasteiger partial charge in [-0.25, -0.2) is 0 Å². The molecule has 0 radical (unpaired) electrons. The first-order valence-electron chi connectivity index (χ1n) is 8.09. The number of carbonyl (C=O) groups is 2. The number of nitrogens with one attached hydrogen (secondary N) is 1. The second kappa shape index (κ2) is 7.27. The van der Waals surface area contributed by atoms with Gasteiger partial charge in [-0.3, -0.25) is 9.59 Å². The Kier molecular flexibility index (Phi) is 4.91. The van der Waals surface area contributed by atoms with Gasteiger partial charge in [-0.15, -0.1) is 0 Å². The second-order valence-electron chi connectivity index (χ2n) is 5.91. The van der Waals surface area contributed by atoms with Crippen LogP contribution in [-0.4, -0.2) is 42.4 Å². The third-order valence-corrected chi connectivity index (χ3v) is 4.37. The molecule has 0 bridgehead atoms. The molecule has 1 saturated heterocycles. The number of hydrogen-bond donors (Lipinski definition) is 2. The third kappa shape index (κ3) is 3.31. The molecule has 1 unspecified atom stereocenters. The van der Waals surface area contributed by atoms with Crippen molar-refractivity contribution in [3.8, 4) is 0 Å². The smallest absolute Gasteiger partial charge is 0.241 e. The van der Waals surface area contributed by atoms with Crippen LogP contribution in [-0.2, 0) is 9.59 Å². The quantitative estimate of drug-likeness (QED) is 0.885. The summed E-state index contributed by atoms with van der Waals surface area (Å²) in [5.74, 6) is -1.000. The van der Waals surface area contributed by atoms with Crippen molar-refractivity contribution in [2.45, 2.75) is 12.0 Å². The van der Waals surface area contributed by atoms with Gasteiger partial charge in [0.2, 0.25) is 11.8 Å². The molecule has 5 nitrogen and oxygen atoms in total. The first-order chi connectivity index (χ1) is 11.7. The Labute approximate surface area is 141 Å². The van der Waals surface area contributed by atoms with Crippen molar-refractivity contribution in [2.75, 3.05) is 19.6 Å². The number of hydrogen-bond acceptors (Lipinski definition) is 3. The molecule has 2 aromatic carbocycles. The summed E-state index contributed by atoms with van der Waals surface area (Å²) in [6.07, 6.45) is 0. The normalized spacial score (nSPS) is 17.7. The maximum atomic E-state index is 13.3. The van der Waals surface area contributed by atoms with E-state index in [1.54, 1.807) is 4.90 Å². The molecule has 5 heteroatoms. The summed E-state index contributed by atoms with van der Waals surface area (Å²) < 4.78 is 0. The molecular weight excluding hydrogens is 302 g/mol. The number of nitrogens with zero attached hydrogens (tertiary/aromatic N) is 1. The predicted octanol–water partition coefficient (Wildman–Crippen LogP) is 1.10. The van der Waals surface area contributed by atoms with Crippen molar-refractivity contribution in [1.82, 2.24) is 10.2 Å². The minimum absolute atomic E-state index is 0.0855. The molecule has 0 aromatic heterocycles. The molecule has 3 rings (SSSR count). The summed E-state index contributed by atoms with van der Waals surface area (Å²) in [6.45, 7) is 1.53. The van der Waals surface area contributed by atoms with Crippen LogP contribution in [0.2, 0.25) is 0 Å². The Bertz CT molecular complexity index is 664. The highest BCUT2D eigenvalue weighted by atomic mass is 16.2. The standard InChI is InChI=1S/C19H21N3O2/c20-18(23)16-13-21-11-12-22(16)19(24)17(14-7-3-1-4-8-14)15-9-5-2-6-10-15/h1-10,16-17,21H,11-13H2,(H2,20,23). The lowest BCUT2D eigenvalue weighted by molar-refractivity contribution is -0.140. The van der Waals surface area contributed by atoms with Crippen molar-refractivity contribution >= 4 is 11.8 Å². The molecular formula is C19H21N3O2. The molecule has 124 valence electrons. The number of benzene rings is 2. The molecule has 2 amide bonds.